The Labute approximate surface area is 159 Å². The minimum atomic E-state index is -1.23. The normalized spacial score (nSPS) is 12.3. The van der Waals surface area contributed by atoms with Crippen molar-refractivity contribution in [2.45, 2.75) is 13.5 Å². The first-order valence-electron chi connectivity index (χ1n) is 8.57. The van der Waals surface area contributed by atoms with E-state index in [1.165, 1.54) is 4.90 Å². The molecule has 11 nitrogen and oxygen atoms in total. The van der Waals surface area contributed by atoms with Crippen LogP contribution in [-0.4, -0.2) is 69.1 Å². The Hall–Kier alpha value is -3.63. The van der Waals surface area contributed by atoms with E-state index in [0.717, 1.165) is 10.9 Å². The number of likely N-dealkylation sites (N-methyl/N-ethyl adjacent to an activating group) is 1. The lowest BCUT2D eigenvalue weighted by Crippen LogP contribution is -2.39. The van der Waals surface area contributed by atoms with Crippen LogP contribution >= 0.6 is 0 Å². The molecule has 0 radical (unpaired) electrons. The fourth-order valence-electron chi connectivity index (χ4n) is 2.58. The molecule has 1 aromatic heterocycles. The van der Waals surface area contributed by atoms with Gasteiger partial charge in [-0.2, -0.15) is 0 Å². The van der Waals surface area contributed by atoms with E-state index in [2.05, 4.69) is 15.6 Å². The summed E-state index contributed by atoms with van der Waals surface area (Å²) >= 11 is 0. The molecule has 28 heavy (non-hydrogen) atoms. The molecule has 3 rings (SSSR count). The molecular formula is C17H19N5O6. The van der Waals surface area contributed by atoms with Crippen molar-refractivity contribution in [2.75, 3.05) is 31.6 Å². The van der Waals surface area contributed by atoms with Gasteiger partial charge in [-0.25, -0.2) is 9.48 Å². The van der Waals surface area contributed by atoms with E-state index in [1.54, 1.807) is 25.1 Å². The number of carboxylic acids is 1. The first kappa shape index (κ1) is 19.1. The highest BCUT2D eigenvalue weighted by Crippen LogP contribution is 2.32. The molecule has 0 saturated carbocycles. The van der Waals surface area contributed by atoms with Crippen molar-refractivity contribution in [2.24, 2.45) is 0 Å². The molecule has 2 heterocycles. The van der Waals surface area contributed by atoms with Crippen LogP contribution in [0.1, 0.15) is 17.4 Å². The molecule has 0 fully saturated rings. The molecule has 148 valence electrons. The van der Waals surface area contributed by atoms with Gasteiger partial charge in [0.25, 0.3) is 0 Å². The van der Waals surface area contributed by atoms with Crippen molar-refractivity contribution >= 4 is 23.5 Å². The Bertz CT molecular complexity index is 896. The summed E-state index contributed by atoms with van der Waals surface area (Å²) < 4.78 is 12.0. The number of aromatic carboxylic acids is 1. The van der Waals surface area contributed by atoms with Crippen LogP contribution in [0.5, 0.6) is 11.5 Å². The predicted octanol–water partition coefficient (Wildman–Crippen LogP) is 0.235. The Morgan fingerprint density at radius 1 is 1.25 bits per heavy atom. The molecule has 2 N–H and O–H groups in total. The summed E-state index contributed by atoms with van der Waals surface area (Å²) in [6.45, 7) is 2.57. The van der Waals surface area contributed by atoms with Crippen molar-refractivity contribution in [3.8, 4) is 11.5 Å². The second-order valence-corrected chi connectivity index (χ2v) is 5.92. The second-order valence-electron chi connectivity index (χ2n) is 5.92. The highest BCUT2D eigenvalue weighted by atomic mass is 16.6. The van der Waals surface area contributed by atoms with Gasteiger partial charge in [0.2, 0.25) is 11.8 Å². The third kappa shape index (κ3) is 4.55. The third-order valence-corrected chi connectivity index (χ3v) is 3.95. The van der Waals surface area contributed by atoms with Crippen LogP contribution in [0.15, 0.2) is 24.4 Å². The fourth-order valence-corrected chi connectivity index (χ4v) is 2.58. The number of carbonyl (C=O) groups excluding carboxylic acids is 2. The Morgan fingerprint density at radius 2 is 2.00 bits per heavy atom. The van der Waals surface area contributed by atoms with Gasteiger partial charge in [-0.15, -0.1) is 5.10 Å². The maximum absolute atomic E-state index is 12.4. The summed E-state index contributed by atoms with van der Waals surface area (Å²) in [4.78, 5) is 36.8. The van der Waals surface area contributed by atoms with Crippen LogP contribution in [0.4, 0.5) is 5.69 Å². The first-order chi connectivity index (χ1) is 13.5. The topological polar surface area (TPSA) is 136 Å². The maximum Gasteiger partial charge on any atom is 0.358 e. The Morgan fingerprint density at radius 3 is 2.68 bits per heavy atom. The van der Waals surface area contributed by atoms with Crippen LogP contribution in [0, 0.1) is 0 Å². The number of aromatic nitrogens is 3. The maximum atomic E-state index is 12.4. The largest absolute Gasteiger partial charge is 0.486 e. The highest BCUT2D eigenvalue weighted by Gasteiger charge is 2.19. The van der Waals surface area contributed by atoms with Crippen molar-refractivity contribution in [1.82, 2.24) is 19.9 Å². The van der Waals surface area contributed by atoms with Gasteiger partial charge in [0.05, 0.1) is 12.7 Å². The average molecular weight is 389 g/mol. The predicted molar refractivity (Wildman–Crippen MR) is 95.3 cm³/mol. The summed E-state index contributed by atoms with van der Waals surface area (Å²) in [6.07, 6.45) is 1.16. The molecule has 2 amide bonds. The summed E-state index contributed by atoms with van der Waals surface area (Å²) in [5.74, 6) is -0.834. The van der Waals surface area contributed by atoms with Crippen molar-refractivity contribution in [3.05, 3.63) is 30.1 Å². The number of carbonyl (C=O) groups is 3. The number of hydrogen-bond donors (Lipinski definition) is 2. The fraction of sp³-hybridized carbons (Fsp3) is 0.353. The summed E-state index contributed by atoms with van der Waals surface area (Å²) in [5.41, 5.74) is 0.271. The summed E-state index contributed by atoms with van der Waals surface area (Å²) in [6, 6.07) is 5.05. The number of hydrogen-bond acceptors (Lipinski definition) is 7. The number of anilines is 1. The highest BCUT2D eigenvalue weighted by molar-refractivity contribution is 5.94. The zero-order valence-electron chi connectivity index (χ0n) is 15.1. The van der Waals surface area contributed by atoms with E-state index < -0.39 is 5.97 Å². The molecule has 1 aromatic carbocycles. The van der Waals surface area contributed by atoms with Crippen molar-refractivity contribution in [1.29, 1.82) is 0 Å². The van der Waals surface area contributed by atoms with E-state index in [-0.39, 0.29) is 30.6 Å². The minimum Gasteiger partial charge on any atom is -0.486 e. The van der Waals surface area contributed by atoms with Crippen molar-refractivity contribution in [3.63, 3.8) is 0 Å². The van der Waals surface area contributed by atoms with Gasteiger partial charge in [0, 0.05) is 18.3 Å². The number of rotatable bonds is 7. The number of fused-ring (bicyclic) bond motifs is 1. The van der Waals surface area contributed by atoms with Crippen LogP contribution in [-0.2, 0) is 16.1 Å². The molecule has 0 aliphatic carbocycles. The SMILES string of the molecule is CCN(CC(=O)Nc1ccc2c(c1)OCCO2)C(=O)Cn1cc(C(=O)O)nn1. The van der Waals surface area contributed by atoms with Gasteiger partial charge in [0.15, 0.2) is 17.2 Å². The standard InChI is InChI=1S/C17H19N5O6/c1-2-21(16(24)10-22-8-12(17(25)26)19-20-22)9-15(23)18-11-3-4-13-14(7-11)28-6-5-27-13/h3-4,7-8H,2,5-6,9-10H2,1H3,(H,18,23)(H,25,26). The minimum absolute atomic E-state index is 0.162. The Balaban J connectivity index is 1.57. The third-order valence-electron chi connectivity index (χ3n) is 3.95. The molecule has 2 aromatic rings. The van der Waals surface area contributed by atoms with Gasteiger partial charge in [-0.05, 0) is 19.1 Å². The number of ether oxygens (including phenoxy) is 2. The monoisotopic (exact) mass is 389 g/mol. The zero-order valence-corrected chi connectivity index (χ0v) is 15.1. The van der Waals surface area contributed by atoms with Crippen LogP contribution < -0.4 is 14.8 Å². The lowest BCUT2D eigenvalue weighted by atomic mass is 10.2. The number of carboxylic acid groups (broad SMARTS) is 1. The lowest BCUT2D eigenvalue weighted by Gasteiger charge is -2.21. The Kier molecular flexibility index (Phi) is 5.72. The summed E-state index contributed by atoms with van der Waals surface area (Å²) in [7, 11) is 0. The van der Waals surface area contributed by atoms with Gasteiger partial charge in [-0.1, -0.05) is 5.21 Å². The van der Waals surface area contributed by atoms with E-state index in [4.69, 9.17) is 14.6 Å². The molecule has 1 aliphatic rings. The molecule has 0 saturated heterocycles. The molecule has 0 atom stereocenters. The molecule has 0 spiro atoms. The first-order valence-corrected chi connectivity index (χ1v) is 8.57. The second kappa shape index (κ2) is 8.37. The smallest absolute Gasteiger partial charge is 0.358 e. The number of benzene rings is 1. The molecule has 11 heteroatoms. The van der Waals surface area contributed by atoms with Crippen LogP contribution in [0.25, 0.3) is 0 Å². The van der Waals surface area contributed by atoms with E-state index >= 15 is 0 Å². The lowest BCUT2D eigenvalue weighted by molar-refractivity contribution is -0.135. The zero-order chi connectivity index (χ0) is 20.1. The van der Waals surface area contributed by atoms with E-state index in [1.807, 2.05) is 0 Å². The number of nitrogens with zero attached hydrogens (tertiary/aromatic N) is 4. The number of amides is 2. The molecule has 0 bridgehead atoms. The van der Waals surface area contributed by atoms with E-state index in [0.29, 0.717) is 36.9 Å². The van der Waals surface area contributed by atoms with Gasteiger partial charge in [-0.3, -0.25) is 9.59 Å². The average Bonchev–Trinajstić information content (AvgIpc) is 3.14. The number of nitrogens with one attached hydrogen (secondary N) is 1. The van der Waals surface area contributed by atoms with Crippen LogP contribution in [0.2, 0.25) is 0 Å². The van der Waals surface area contributed by atoms with E-state index in [9.17, 15) is 14.4 Å². The van der Waals surface area contributed by atoms with Gasteiger partial charge in [0.1, 0.15) is 19.8 Å². The molecule has 1 aliphatic heterocycles. The van der Waals surface area contributed by atoms with Crippen molar-refractivity contribution < 1.29 is 29.0 Å². The van der Waals surface area contributed by atoms with Gasteiger partial charge < -0.3 is 24.8 Å². The summed E-state index contributed by atoms with van der Waals surface area (Å²) in [5, 5.41) is 18.6. The van der Waals surface area contributed by atoms with Gasteiger partial charge >= 0.3 is 5.97 Å². The van der Waals surface area contributed by atoms with Crippen LogP contribution in [0.3, 0.4) is 0 Å². The quantitative estimate of drug-likeness (QED) is 0.687. The molecule has 0 unspecified atom stereocenters. The molecular weight excluding hydrogens is 370 g/mol.